The first-order chi connectivity index (χ1) is 6.48. The van der Waals surface area contributed by atoms with Gasteiger partial charge >= 0.3 is 0 Å². The van der Waals surface area contributed by atoms with E-state index < -0.39 is 0 Å². The molecule has 15 heavy (non-hydrogen) atoms. The van der Waals surface area contributed by atoms with Crippen LogP contribution < -0.4 is 0 Å². The highest BCUT2D eigenvalue weighted by Gasteiger charge is 2.49. The Labute approximate surface area is 98.7 Å². The number of hydrogen-bond donors (Lipinski definition) is 0. The molecule has 0 aromatic rings. The predicted octanol–water partition coefficient (Wildman–Crippen LogP) is 3.15. The molecule has 0 aliphatic heterocycles. The van der Waals surface area contributed by atoms with Crippen LogP contribution in [0.3, 0.4) is 0 Å². The molecule has 0 saturated carbocycles. The molecule has 0 saturated heterocycles. The van der Waals surface area contributed by atoms with Crippen molar-refractivity contribution in [2.75, 3.05) is 6.61 Å². The first-order valence-electron chi connectivity index (χ1n) is 5.80. The monoisotopic (exact) mass is 228 g/mol. The largest absolute Gasteiger partial charge is 0.499 e. The summed E-state index contributed by atoms with van der Waals surface area (Å²) in [7, 11) is 1.06. The number of rotatable bonds is 3. The van der Waals surface area contributed by atoms with Crippen molar-refractivity contribution in [2.45, 2.75) is 53.5 Å². The van der Waals surface area contributed by atoms with E-state index >= 15 is 0 Å². The van der Waals surface area contributed by atoms with Gasteiger partial charge in [-0.2, -0.15) is 0 Å². The lowest BCUT2D eigenvalue weighted by Gasteiger charge is -2.52. The average Bonchev–Trinajstić information content (AvgIpc) is 1.99. The second-order valence-corrected chi connectivity index (χ2v) is 7.98. The lowest BCUT2D eigenvalue weighted by atomic mass is 9.64. The smallest absolute Gasteiger partial charge is 0.0922 e. The molecule has 0 atom stereocenters. The molecule has 0 aliphatic rings. The molecule has 0 amide bonds. The standard InChI is InChI=1S/C13H28OSi/c1-9-14-10(2)13(15,11(3,4)5)12(6,7)8/h2,9H2,1,3-8,15H3. The third kappa shape index (κ3) is 2.66. The maximum atomic E-state index is 5.70. The normalized spacial score (nSPS) is 14.1. The minimum atomic E-state index is 0.107. The Morgan fingerprint density at radius 2 is 1.40 bits per heavy atom. The first-order valence-corrected chi connectivity index (χ1v) is 6.80. The summed E-state index contributed by atoms with van der Waals surface area (Å²) in [5.41, 5.74) is 0.396. The Balaban J connectivity index is 5.33. The van der Waals surface area contributed by atoms with Crippen LogP contribution in [0.25, 0.3) is 0 Å². The van der Waals surface area contributed by atoms with E-state index in [0.717, 1.165) is 22.6 Å². The molecule has 1 nitrogen and oxygen atoms in total. The molecule has 2 heteroatoms. The van der Waals surface area contributed by atoms with E-state index in [4.69, 9.17) is 4.74 Å². The fraction of sp³-hybridized carbons (Fsp3) is 0.846. The molecule has 0 N–H and O–H groups in total. The van der Waals surface area contributed by atoms with Gasteiger partial charge in [0.15, 0.2) is 0 Å². The Morgan fingerprint density at radius 3 is 1.60 bits per heavy atom. The molecular weight excluding hydrogens is 200 g/mol. The Kier molecular flexibility index (Phi) is 4.25. The second-order valence-electron chi connectivity index (χ2n) is 6.48. The van der Waals surface area contributed by atoms with E-state index in [1.54, 1.807) is 0 Å². The Hall–Kier alpha value is -0.243. The Bertz CT molecular complexity index is 216. The van der Waals surface area contributed by atoms with Crippen molar-refractivity contribution < 1.29 is 4.74 Å². The molecule has 0 fully saturated rings. The van der Waals surface area contributed by atoms with Gasteiger partial charge in [0.2, 0.25) is 0 Å². The van der Waals surface area contributed by atoms with Crippen LogP contribution in [0, 0.1) is 10.8 Å². The second kappa shape index (κ2) is 4.32. The summed E-state index contributed by atoms with van der Waals surface area (Å²) in [6.45, 7) is 20.6. The van der Waals surface area contributed by atoms with Crippen molar-refractivity contribution in [3.63, 3.8) is 0 Å². The SMILES string of the molecule is C=C(OCC)C([SiH3])(C(C)(C)C)C(C)(C)C. The molecule has 0 heterocycles. The van der Waals surface area contributed by atoms with Crippen LogP contribution in [-0.4, -0.2) is 16.8 Å². The van der Waals surface area contributed by atoms with E-state index in [2.05, 4.69) is 48.1 Å². The maximum Gasteiger partial charge on any atom is 0.0922 e. The van der Waals surface area contributed by atoms with Crippen molar-refractivity contribution in [3.05, 3.63) is 12.3 Å². The zero-order valence-electron chi connectivity index (χ0n) is 11.8. The van der Waals surface area contributed by atoms with Gasteiger partial charge < -0.3 is 4.74 Å². The average molecular weight is 228 g/mol. The number of ether oxygens (including phenoxy) is 1. The highest BCUT2D eigenvalue weighted by atomic mass is 28.1. The van der Waals surface area contributed by atoms with Crippen LogP contribution in [0.15, 0.2) is 12.3 Å². The molecular formula is C13H28OSi. The third-order valence-corrected chi connectivity index (χ3v) is 7.43. The quantitative estimate of drug-likeness (QED) is 0.533. The van der Waals surface area contributed by atoms with Crippen molar-refractivity contribution in [1.29, 1.82) is 0 Å². The summed E-state index contributed by atoms with van der Waals surface area (Å²) in [4.78, 5) is 0. The van der Waals surface area contributed by atoms with Crippen LogP contribution in [-0.2, 0) is 4.74 Å². The fourth-order valence-electron chi connectivity index (χ4n) is 2.28. The van der Waals surface area contributed by atoms with E-state index in [1.807, 2.05) is 6.92 Å². The van der Waals surface area contributed by atoms with Gasteiger partial charge in [-0.05, 0) is 17.8 Å². The zero-order valence-corrected chi connectivity index (χ0v) is 13.8. The number of allylic oxidation sites excluding steroid dienone is 1. The molecule has 0 aromatic carbocycles. The summed E-state index contributed by atoms with van der Waals surface area (Å²) in [6.07, 6.45) is 0. The zero-order chi connectivity index (χ0) is 12.5. The summed E-state index contributed by atoms with van der Waals surface area (Å²) in [6, 6.07) is 0. The lowest BCUT2D eigenvalue weighted by molar-refractivity contribution is 0.0782. The van der Waals surface area contributed by atoms with Crippen LogP contribution in [0.5, 0.6) is 0 Å². The van der Waals surface area contributed by atoms with Crippen LogP contribution in [0.1, 0.15) is 48.5 Å². The van der Waals surface area contributed by atoms with Gasteiger partial charge in [0.1, 0.15) is 0 Å². The maximum absolute atomic E-state index is 5.70. The minimum absolute atomic E-state index is 0.107. The lowest BCUT2D eigenvalue weighted by Crippen LogP contribution is -2.42. The van der Waals surface area contributed by atoms with Gasteiger partial charge in [0, 0.05) is 15.3 Å². The van der Waals surface area contributed by atoms with Crippen molar-refractivity contribution in [2.24, 2.45) is 10.8 Å². The third-order valence-electron chi connectivity index (χ3n) is 3.88. The summed E-state index contributed by atoms with van der Waals surface area (Å²) in [5.74, 6) is 0.969. The molecule has 0 aliphatic carbocycles. The Morgan fingerprint density at radius 1 is 1.07 bits per heavy atom. The van der Waals surface area contributed by atoms with E-state index in [9.17, 15) is 0 Å². The number of hydrogen-bond acceptors (Lipinski definition) is 1. The predicted molar refractivity (Wildman–Crippen MR) is 72.3 cm³/mol. The fourth-order valence-corrected chi connectivity index (χ4v) is 2.42. The van der Waals surface area contributed by atoms with Crippen molar-refractivity contribution in [1.82, 2.24) is 0 Å². The van der Waals surface area contributed by atoms with Gasteiger partial charge in [-0.15, -0.1) is 0 Å². The summed E-state index contributed by atoms with van der Waals surface area (Å²) < 4.78 is 5.70. The van der Waals surface area contributed by atoms with Gasteiger partial charge in [-0.3, -0.25) is 0 Å². The molecule has 0 bridgehead atoms. The molecule has 0 radical (unpaired) electrons. The van der Waals surface area contributed by atoms with Crippen molar-refractivity contribution in [3.8, 4) is 0 Å². The minimum Gasteiger partial charge on any atom is -0.499 e. The van der Waals surface area contributed by atoms with Crippen molar-refractivity contribution >= 4 is 10.2 Å². The molecule has 0 unspecified atom stereocenters. The molecule has 0 rings (SSSR count). The van der Waals surface area contributed by atoms with E-state index in [0.29, 0.717) is 0 Å². The van der Waals surface area contributed by atoms with Gasteiger partial charge in [-0.25, -0.2) is 0 Å². The van der Waals surface area contributed by atoms with Crippen LogP contribution >= 0.6 is 0 Å². The van der Waals surface area contributed by atoms with E-state index in [-0.39, 0.29) is 15.9 Å². The summed E-state index contributed by atoms with van der Waals surface area (Å²) >= 11 is 0. The molecule has 0 aromatic heterocycles. The highest BCUT2D eigenvalue weighted by molar-refractivity contribution is 6.18. The van der Waals surface area contributed by atoms with E-state index in [1.165, 1.54) is 0 Å². The van der Waals surface area contributed by atoms with Crippen LogP contribution in [0.2, 0.25) is 5.04 Å². The van der Waals surface area contributed by atoms with Gasteiger partial charge in [-0.1, -0.05) is 48.1 Å². The molecule has 0 spiro atoms. The topological polar surface area (TPSA) is 9.23 Å². The molecule has 90 valence electrons. The summed E-state index contributed by atoms with van der Waals surface area (Å²) in [5, 5.41) is 0.107. The van der Waals surface area contributed by atoms with Gasteiger partial charge in [0.05, 0.1) is 12.4 Å². The first kappa shape index (κ1) is 14.8. The van der Waals surface area contributed by atoms with Crippen LogP contribution in [0.4, 0.5) is 0 Å². The highest BCUT2D eigenvalue weighted by Crippen LogP contribution is 2.59. The van der Waals surface area contributed by atoms with Gasteiger partial charge in [0.25, 0.3) is 0 Å².